The summed E-state index contributed by atoms with van der Waals surface area (Å²) in [6.07, 6.45) is 0.405. The van der Waals surface area contributed by atoms with E-state index in [1.54, 1.807) is 19.1 Å². The summed E-state index contributed by atoms with van der Waals surface area (Å²) in [5, 5.41) is 14.4. The van der Waals surface area contributed by atoms with Crippen LogP contribution in [0.5, 0.6) is 0 Å². The van der Waals surface area contributed by atoms with Gasteiger partial charge in [-0.25, -0.2) is 18.7 Å². The van der Waals surface area contributed by atoms with Crippen molar-refractivity contribution in [3.8, 4) is 11.4 Å². The Hall–Kier alpha value is -3.72. The third kappa shape index (κ3) is 4.88. The molecule has 4 rings (SSSR count). The number of aromatic nitrogens is 2. The molecule has 2 heterocycles. The van der Waals surface area contributed by atoms with Crippen molar-refractivity contribution in [1.82, 2.24) is 20.6 Å². The molecule has 170 valence electrons. The first-order valence-corrected chi connectivity index (χ1v) is 10.5. The molecule has 3 N–H and O–H groups in total. The van der Waals surface area contributed by atoms with E-state index in [0.29, 0.717) is 17.0 Å². The first-order valence-electron chi connectivity index (χ1n) is 10.5. The molecule has 0 unspecified atom stereocenters. The van der Waals surface area contributed by atoms with Gasteiger partial charge in [-0.2, -0.15) is 0 Å². The fourth-order valence-corrected chi connectivity index (χ4v) is 3.68. The fraction of sp³-hybridized carbons (Fsp3) is 0.250. The van der Waals surface area contributed by atoms with E-state index in [0.717, 1.165) is 23.3 Å². The second kappa shape index (κ2) is 9.41. The number of amides is 2. The van der Waals surface area contributed by atoms with Crippen LogP contribution in [0.1, 0.15) is 39.8 Å². The van der Waals surface area contributed by atoms with E-state index in [4.69, 9.17) is 5.11 Å². The Morgan fingerprint density at radius 2 is 1.76 bits per heavy atom. The van der Waals surface area contributed by atoms with Crippen LogP contribution in [-0.4, -0.2) is 39.5 Å². The number of hydrogen-bond donors (Lipinski definition) is 3. The number of nitrogens with zero attached hydrogens (tertiary/aromatic N) is 2. The summed E-state index contributed by atoms with van der Waals surface area (Å²) in [5.74, 6) is -2.20. The molecule has 33 heavy (non-hydrogen) atoms. The molecule has 2 amide bonds. The topological polar surface area (TPSA) is 104 Å². The lowest BCUT2D eigenvalue weighted by Gasteiger charge is -2.12. The van der Waals surface area contributed by atoms with Crippen molar-refractivity contribution in [3.05, 3.63) is 82.2 Å². The smallest absolute Gasteiger partial charge is 0.255 e. The highest BCUT2D eigenvalue weighted by atomic mass is 19.1. The van der Waals surface area contributed by atoms with Crippen molar-refractivity contribution < 1.29 is 23.5 Å². The summed E-state index contributed by atoms with van der Waals surface area (Å²) >= 11 is 0. The maximum absolute atomic E-state index is 14.3. The van der Waals surface area contributed by atoms with Gasteiger partial charge in [0, 0.05) is 12.5 Å². The number of carbonyl (C=O) groups is 2. The molecule has 1 aromatic heterocycles. The highest BCUT2D eigenvalue weighted by Crippen LogP contribution is 2.27. The van der Waals surface area contributed by atoms with Gasteiger partial charge in [-0.1, -0.05) is 30.3 Å². The molecule has 0 saturated carbocycles. The molecule has 3 aromatic rings. The Morgan fingerprint density at radius 1 is 1.09 bits per heavy atom. The van der Waals surface area contributed by atoms with Crippen molar-refractivity contribution in [2.75, 3.05) is 6.61 Å². The van der Waals surface area contributed by atoms with E-state index in [9.17, 15) is 18.4 Å². The molecular weight excluding hydrogens is 430 g/mol. The minimum absolute atomic E-state index is 0.109. The quantitative estimate of drug-likeness (QED) is 0.510. The van der Waals surface area contributed by atoms with E-state index in [2.05, 4.69) is 20.6 Å². The van der Waals surface area contributed by atoms with Crippen molar-refractivity contribution in [2.45, 2.75) is 32.4 Å². The molecule has 0 aliphatic carbocycles. The molecule has 1 aliphatic rings. The first-order chi connectivity index (χ1) is 15.9. The fourth-order valence-electron chi connectivity index (χ4n) is 3.68. The summed E-state index contributed by atoms with van der Waals surface area (Å²) in [4.78, 5) is 32.9. The number of nitrogens with one attached hydrogen (secondary N) is 2. The van der Waals surface area contributed by atoms with E-state index >= 15 is 0 Å². The summed E-state index contributed by atoms with van der Waals surface area (Å²) in [5.41, 5.74) is 2.34. The highest BCUT2D eigenvalue weighted by molar-refractivity contribution is 5.99. The molecule has 0 saturated heterocycles. The molecule has 0 fully saturated rings. The molecule has 7 nitrogen and oxygen atoms in total. The Balaban J connectivity index is 1.61. The largest absolute Gasteiger partial charge is 0.394 e. The number of carbonyl (C=O) groups excluding carboxylic acids is 2. The van der Waals surface area contributed by atoms with Crippen LogP contribution in [0, 0.1) is 11.6 Å². The normalized spacial score (nSPS) is 13.4. The average molecular weight is 452 g/mol. The molecular formula is C24H22F2N4O3. The predicted molar refractivity (Wildman–Crippen MR) is 116 cm³/mol. The van der Waals surface area contributed by atoms with Crippen LogP contribution >= 0.6 is 0 Å². The number of aliphatic hydroxyl groups is 1. The van der Waals surface area contributed by atoms with E-state index in [1.807, 2.05) is 12.1 Å². The van der Waals surface area contributed by atoms with Crippen LogP contribution < -0.4 is 10.6 Å². The summed E-state index contributed by atoms with van der Waals surface area (Å²) in [7, 11) is 0. The first kappa shape index (κ1) is 22.5. The van der Waals surface area contributed by atoms with Gasteiger partial charge in [0.1, 0.15) is 11.6 Å². The number of fused-ring (bicyclic) bond motifs is 1. The second-order valence-electron chi connectivity index (χ2n) is 7.92. The molecule has 1 atom stereocenters. The zero-order valence-corrected chi connectivity index (χ0v) is 17.9. The van der Waals surface area contributed by atoms with Gasteiger partial charge in [0.2, 0.25) is 5.91 Å². The molecule has 0 bridgehead atoms. The van der Waals surface area contributed by atoms with Crippen molar-refractivity contribution in [2.24, 2.45) is 0 Å². The Bertz CT molecular complexity index is 1190. The standard InChI is InChI=1S/C24H22F2N4O3/c1-13(12-31)28-20(32)10-15-7-5-14(6-8-15)9-18-22-19(11-27-24(22)33)30-23(29-18)21-16(25)3-2-4-17(21)26/h2-8,13,31H,9-12H2,1H3,(H,27,33)(H,28,32)/t13-/m0/s1. The molecule has 9 heteroatoms. The minimum Gasteiger partial charge on any atom is -0.394 e. The van der Waals surface area contributed by atoms with Crippen LogP contribution in [0.2, 0.25) is 0 Å². The van der Waals surface area contributed by atoms with E-state index < -0.39 is 11.6 Å². The lowest BCUT2D eigenvalue weighted by atomic mass is 10.0. The molecule has 0 spiro atoms. The summed E-state index contributed by atoms with van der Waals surface area (Å²) in [6.45, 7) is 1.73. The predicted octanol–water partition coefficient (Wildman–Crippen LogP) is 2.30. The Kier molecular flexibility index (Phi) is 6.41. The van der Waals surface area contributed by atoms with Gasteiger partial charge in [0.15, 0.2) is 5.82 Å². The third-order valence-corrected chi connectivity index (χ3v) is 5.33. The zero-order valence-electron chi connectivity index (χ0n) is 17.9. The highest BCUT2D eigenvalue weighted by Gasteiger charge is 2.28. The van der Waals surface area contributed by atoms with E-state index in [1.165, 1.54) is 6.07 Å². The van der Waals surface area contributed by atoms with Gasteiger partial charge >= 0.3 is 0 Å². The number of benzene rings is 2. The Labute approximate surface area is 188 Å². The van der Waals surface area contributed by atoms with Gasteiger partial charge in [-0.3, -0.25) is 9.59 Å². The maximum atomic E-state index is 14.3. The lowest BCUT2D eigenvalue weighted by Crippen LogP contribution is -2.35. The molecule has 0 radical (unpaired) electrons. The number of rotatable bonds is 7. The van der Waals surface area contributed by atoms with Crippen LogP contribution in [-0.2, 0) is 24.2 Å². The number of halogens is 2. The monoisotopic (exact) mass is 452 g/mol. The van der Waals surface area contributed by atoms with Crippen LogP contribution in [0.15, 0.2) is 42.5 Å². The molecule has 2 aromatic carbocycles. The van der Waals surface area contributed by atoms with Gasteiger partial charge in [-0.15, -0.1) is 0 Å². The minimum atomic E-state index is -0.781. The average Bonchev–Trinajstić information content (AvgIpc) is 3.16. The summed E-state index contributed by atoms with van der Waals surface area (Å²) in [6, 6.07) is 10.4. The van der Waals surface area contributed by atoms with Gasteiger partial charge in [-0.05, 0) is 30.2 Å². The number of aliphatic hydroxyl groups excluding tert-OH is 1. The van der Waals surface area contributed by atoms with Crippen molar-refractivity contribution in [3.63, 3.8) is 0 Å². The lowest BCUT2D eigenvalue weighted by molar-refractivity contribution is -0.121. The van der Waals surface area contributed by atoms with Gasteiger partial charge in [0.25, 0.3) is 5.91 Å². The van der Waals surface area contributed by atoms with Gasteiger partial charge < -0.3 is 15.7 Å². The summed E-state index contributed by atoms with van der Waals surface area (Å²) < 4.78 is 28.6. The second-order valence-corrected chi connectivity index (χ2v) is 7.92. The maximum Gasteiger partial charge on any atom is 0.255 e. The Morgan fingerprint density at radius 3 is 2.42 bits per heavy atom. The van der Waals surface area contributed by atoms with Crippen LogP contribution in [0.25, 0.3) is 11.4 Å². The van der Waals surface area contributed by atoms with E-state index in [-0.39, 0.29) is 55.2 Å². The van der Waals surface area contributed by atoms with Crippen LogP contribution in [0.4, 0.5) is 8.78 Å². The van der Waals surface area contributed by atoms with Gasteiger partial charge in [0.05, 0.1) is 42.1 Å². The van der Waals surface area contributed by atoms with Crippen molar-refractivity contribution >= 4 is 11.8 Å². The number of hydrogen-bond acceptors (Lipinski definition) is 5. The SMILES string of the molecule is C[C@@H](CO)NC(=O)Cc1ccc(Cc2nc(-c3c(F)cccc3F)nc3c2C(=O)NC3)cc1. The zero-order chi connectivity index (χ0) is 23.5. The third-order valence-electron chi connectivity index (χ3n) is 5.33. The van der Waals surface area contributed by atoms with Crippen molar-refractivity contribution in [1.29, 1.82) is 0 Å². The van der Waals surface area contributed by atoms with Crippen LogP contribution in [0.3, 0.4) is 0 Å². The molecule has 1 aliphatic heterocycles.